The Morgan fingerprint density at radius 3 is 2.70 bits per heavy atom. The Labute approximate surface area is 121 Å². The molecular formula is C12H7BrN2O5. The van der Waals surface area contributed by atoms with Gasteiger partial charge in [0.2, 0.25) is 0 Å². The number of non-ortho nitro benzene ring substituents is 1. The summed E-state index contributed by atoms with van der Waals surface area (Å²) in [6.45, 7) is 0. The number of halogens is 1. The molecule has 20 heavy (non-hydrogen) atoms. The molecule has 0 aliphatic heterocycles. The second-order valence-corrected chi connectivity index (χ2v) is 4.60. The van der Waals surface area contributed by atoms with Crippen molar-refractivity contribution < 1.29 is 19.6 Å². The van der Waals surface area contributed by atoms with Gasteiger partial charge in [0.15, 0.2) is 0 Å². The molecule has 0 spiro atoms. The number of carboxylic acids is 1. The Kier molecular flexibility index (Phi) is 3.94. The number of hydrogen-bond donors (Lipinski definition) is 1. The number of aromatic nitrogens is 1. The van der Waals surface area contributed by atoms with Crippen molar-refractivity contribution in [1.29, 1.82) is 0 Å². The maximum Gasteiger partial charge on any atom is 0.339 e. The van der Waals surface area contributed by atoms with E-state index in [0.717, 1.165) is 6.07 Å². The summed E-state index contributed by atoms with van der Waals surface area (Å²) in [5.41, 5.74) is -0.610. The van der Waals surface area contributed by atoms with Crippen LogP contribution in [0.15, 0.2) is 41.1 Å². The SMILES string of the molecule is O=C(O)c1cc([N+](=O)[O-])ccc1Oc1cncc(Br)c1. The molecule has 0 radical (unpaired) electrons. The number of carbonyl (C=O) groups is 1. The first kappa shape index (κ1) is 13.9. The van der Waals surface area contributed by atoms with E-state index in [1.54, 1.807) is 12.3 Å². The van der Waals surface area contributed by atoms with Gasteiger partial charge in [-0.25, -0.2) is 4.79 Å². The molecule has 0 fully saturated rings. The molecule has 1 heterocycles. The van der Waals surface area contributed by atoms with E-state index >= 15 is 0 Å². The largest absolute Gasteiger partial charge is 0.478 e. The van der Waals surface area contributed by atoms with Crippen LogP contribution in [0.4, 0.5) is 5.69 Å². The van der Waals surface area contributed by atoms with Crippen LogP contribution in [0, 0.1) is 10.1 Å². The lowest BCUT2D eigenvalue weighted by Crippen LogP contribution is -2.01. The molecule has 8 heteroatoms. The fourth-order valence-electron chi connectivity index (χ4n) is 1.46. The third-order valence-electron chi connectivity index (χ3n) is 2.31. The van der Waals surface area contributed by atoms with Crippen molar-refractivity contribution >= 4 is 27.6 Å². The van der Waals surface area contributed by atoms with Crippen molar-refractivity contribution in [3.63, 3.8) is 0 Å². The number of ether oxygens (including phenoxy) is 1. The third-order valence-corrected chi connectivity index (χ3v) is 2.75. The molecule has 0 saturated heterocycles. The first-order chi connectivity index (χ1) is 9.47. The lowest BCUT2D eigenvalue weighted by molar-refractivity contribution is -0.384. The van der Waals surface area contributed by atoms with Gasteiger partial charge >= 0.3 is 5.97 Å². The van der Waals surface area contributed by atoms with Crippen molar-refractivity contribution in [1.82, 2.24) is 4.98 Å². The van der Waals surface area contributed by atoms with Gasteiger partial charge in [0.1, 0.15) is 17.1 Å². The Morgan fingerprint density at radius 2 is 2.10 bits per heavy atom. The van der Waals surface area contributed by atoms with Crippen LogP contribution in [0.5, 0.6) is 11.5 Å². The predicted octanol–water partition coefficient (Wildman–Crippen LogP) is 3.24. The molecule has 0 unspecified atom stereocenters. The molecule has 1 aromatic heterocycles. The summed E-state index contributed by atoms with van der Waals surface area (Å²) in [6.07, 6.45) is 2.94. The summed E-state index contributed by atoms with van der Waals surface area (Å²) in [5.74, 6) is -0.995. The Balaban J connectivity index is 2.41. The Bertz CT molecular complexity index is 689. The van der Waals surface area contributed by atoms with Crippen LogP contribution >= 0.6 is 15.9 Å². The predicted molar refractivity (Wildman–Crippen MR) is 72.1 cm³/mol. The van der Waals surface area contributed by atoms with Crippen LogP contribution in [0.1, 0.15) is 10.4 Å². The maximum absolute atomic E-state index is 11.1. The number of benzene rings is 1. The average molecular weight is 339 g/mol. The van der Waals surface area contributed by atoms with Gasteiger partial charge in [-0.05, 0) is 28.1 Å². The highest BCUT2D eigenvalue weighted by Crippen LogP contribution is 2.29. The van der Waals surface area contributed by atoms with E-state index in [0.29, 0.717) is 10.2 Å². The van der Waals surface area contributed by atoms with Gasteiger partial charge in [-0.1, -0.05) is 0 Å². The zero-order valence-corrected chi connectivity index (χ0v) is 11.4. The first-order valence-corrected chi connectivity index (χ1v) is 6.07. The summed E-state index contributed by atoms with van der Waals surface area (Å²) in [5, 5.41) is 19.7. The normalized spacial score (nSPS) is 10.1. The number of carboxylic acid groups (broad SMARTS) is 1. The lowest BCUT2D eigenvalue weighted by atomic mass is 10.2. The van der Waals surface area contributed by atoms with Crippen LogP contribution in [0.2, 0.25) is 0 Å². The summed E-state index contributed by atoms with van der Waals surface area (Å²) in [4.78, 5) is 25.0. The number of pyridine rings is 1. The van der Waals surface area contributed by atoms with Crippen molar-refractivity contribution in [2.45, 2.75) is 0 Å². The molecule has 0 aliphatic carbocycles. The van der Waals surface area contributed by atoms with Crippen molar-refractivity contribution in [3.8, 4) is 11.5 Å². The molecule has 0 bridgehead atoms. The molecule has 0 amide bonds. The fraction of sp³-hybridized carbons (Fsp3) is 0. The van der Waals surface area contributed by atoms with Gasteiger partial charge < -0.3 is 9.84 Å². The molecule has 7 nitrogen and oxygen atoms in total. The molecule has 0 saturated carbocycles. The summed E-state index contributed by atoms with van der Waals surface area (Å²) >= 11 is 3.21. The molecule has 2 rings (SSSR count). The van der Waals surface area contributed by atoms with Crippen LogP contribution in [-0.2, 0) is 0 Å². The Morgan fingerprint density at radius 1 is 1.35 bits per heavy atom. The van der Waals surface area contributed by atoms with Crippen LogP contribution in [0.3, 0.4) is 0 Å². The lowest BCUT2D eigenvalue weighted by Gasteiger charge is -2.08. The standard InChI is InChI=1S/C12H7BrN2O5/c13-7-3-9(6-14-5-7)20-11-2-1-8(15(18)19)4-10(11)12(16)17/h1-6H,(H,16,17). The van der Waals surface area contributed by atoms with Crippen LogP contribution in [-0.4, -0.2) is 21.0 Å². The highest BCUT2D eigenvalue weighted by molar-refractivity contribution is 9.10. The summed E-state index contributed by atoms with van der Waals surface area (Å²) < 4.78 is 6.05. The van der Waals surface area contributed by atoms with E-state index < -0.39 is 10.9 Å². The third kappa shape index (κ3) is 3.09. The minimum absolute atomic E-state index is 0.00278. The fourth-order valence-corrected chi connectivity index (χ4v) is 1.81. The number of nitro benzene ring substituents is 1. The zero-order chi connectivity index (χ0) is 14.7. The summed E-state index contributed by atoms with van der Waals surface area (Å²) in [6, 6.07) is 4.96. The van der Waals surface area contributed by atoms with Crippen molar-refractivity contribution in [3.05, 3.63) is 56.8 Å². The topological polar surface area (TPSA) is 103 Å². The second-order valence-electron chi connectivity index (χ2n) is 3.68. The van der Waals surface area contributed by atoms with E-state index in [1.807, 2.05) is 0 Å². The smallest absolute Gasteiger partial charge is 0.339 e. The van der Waals surface area contributed by atoms with Gasteiger partial charge in [0.25, 0.3) is 5.69 Å². The van der Waals surface area contributed by atoms with Crippen LogP contribution < -0.4 is 4.74 Å². The van der Waals surface area contributed by atoms with Gasteiger partial charge in [0.05, 0.1) is 11.1 Å². The van der Waals surface area contributed by atoms with E-state index in [9.17, 15) is 14.9 Å². The summed E-state index contributed by atoms with van der Waals surface area (Å²) in [7, 11) is 0. The molecule has 2 aromatic rings. The number of aromatic carboxylic acids is 1. The van der Waals surface area contributed by atoms with E-state index in [2.05, 4.69) is 20.9 Å². The Hall–Kier alpha value is -2.48. The van der Waals surface area contributed by atoms with Gasteiger partial charge in [-0.2, -0.15) is 0 Å². The zero-order valence-electron chi connectivity index (χ0n) is 9.82. The average Bonchev–Trinajstić information content (AvgIpc) is 2.38. The van der Waals surface area contributed by atoms with Gasteiger partial charge in [0, 0.05) is 22.8 Å². The quantitative estimate of drug-likeness (QED) is 0.678. The number of nitrogens with zero attached hydrogens (tertiary/aromatic N) is 2. The second kappa shape index (κ2) is 5.66. The minimum atomic E-state index is -1.31. The minimum Gasteiger partial charge on any atom is -0.478 e. The highest BCUT2D eigenvalue weighted by atomic mass is 79.9. The highest BCUT2D eigenvalue weighted by Gasteiger charge is 2.17. The van der Waals surface area contributed by atoms with Gasteiger partial charge in [-0.3, -0.25) is 15.1 Å². The van der Waals surface area contributed by atoms with Gasteiger partial charge in [-0.15, -0.1) is 0 Å². The van der Waals surface area contributed by atoms with Crippen LogP contribution in [0.25, 0.3) is 0 Å². The molecular weight excluding hydrogens is 332 g/mol. The van der Waals surface area contributed by atoms with E-state index in [1.165, 1.54) is 18.3 Å². The van der Waals surface area contributed by atoms with Crippen molar-refractivity contribution in [2.75, 3.05) is 0 Å². The number of rotatable bonds is 4. The molecule has 0 atom stereocenters. The molecule has 1 aromatic carbocycles. The molecule has 1 N–H and O–H groups in total. The molecule has 0 aliphatic rings. The first-order valence-electron chi connectivity index (χ1n) is 5.27. The monoisotopic (exact) mass is 338 g/mol. The number of hydrogen-bond acceptors (Lipinski definition) is 5. The van der Waals surface area contributed by atoms with E-state index in [4.69, 9.17) is 9.84 Å². The van der Waals surface area contributed by atoms with Crippen molar-refractivity contribution in [2.24, 2.45) is 0 Å². The van der Waals surface area contributed by atoms with E-state index in [-0.39, 0.29) is 17.0 Å². The number of nitro groups is 1. The molecule has 102 valence electrons. The maximum atomic E-state index is 11.1.